The monoisotopic (exact) mass is 171 g/mol. The number of nitrogens with zero attached hydrogens (tertiary/aromatic N) is 1. The zero-order valence-electron chi connectivity index (χ0n) is 6.65. The molecule has 5 heteroatoms. The van der Waals surface area contributed by atoms with Crippen molar-refractivity contribution in [2.75, 3.05) is 6.61 Å². The van der Waals surface area contributed by atoms with Gasteiger partial charge < -0.3 is 9.57 Å². The van der Waals surface area contributed by atoms with Crippen molar-refractivity contribution in [3.8, 4) is 0 Å². The molecule has 0 aromatic heterocycles. The van der Waals surface area contributed by atoms with Crippen LogP contribution in [0.15, 0.2) is 5.16 Å². The molecule has 12 heavy (non-hydrogen) atoms. The van der Waals surface area contributed by atoms with E-state index in [9.17, 15) is 9.59 Å². The summed E-state index contributed by atoms with van der Waals surface area (Å²) in [5.41, 5.74) is 0. The summed E-state index contributed by atoms with van der Waals surface area (Å²) in [5.74, 6) is -0.732. The zero-order valence-corrected chi connectivity index (χ0v) is 6.65. The fraction of sp³-hybridized carbons (Fsp3) is 0.571. The first-order valence-electron chi connectivity index (χ1n) is 3.54. The quantitative estimate of drug-likeness (QED) is 0.556. The Labute approximate surface area is 69.3 Å². The molecule has 0 aromatic rings. The van der Waals surface area contributed by atoms with Crippen LogP contribution in [-0.2, 0) is 19.2 Å². The second-order valence-corrected chi connectivity index (χ2v) is 2.36. The van der Waals surface area contributed by atoms with Crippen LogP contribution in [0.2, 0.25) is 0 Å². The molecule has 66 valence electrons. The Balaban J connectivity index is 2.24. The van der Waals surface area contributed by atoms with E-state index in [1.54, 1.807) is 0 Å². The molecular weight excluding hydrogens is 162 g/mol. The third-order valence-electron chi connectivity index (χ3n) is 1.36. The lowest BCUT2D eigenvalue weighted by Gasteiger charge is -2.05. The van der Waals surface area contributed by atoms with Crippen molar-refractivity contribution in [2.24, 2.45) is 5.16 Å². The second kappa shape index (κ2) is 3.85. The van der Waals surface area contributed by atoms with E-state index >= 15 is 0 Å². The SMILES string of the molecule is CC(=O)OCC(=O)C1CC=NO1. The summed E-state index contributed by atoms with van der Waals surface area (Å²) < 4.78 is 4.49. The van der Waals surface area contributed by atoms with E-state index in [1.807, 2.05) is 0 Å². The molecule has 0 bridgehead atoms. The molecule has 1 atom stereocenters. The Kier molecular flexibility index (Phi) is 2.79. The molecular formula is C7H9NO4. The average molecular weight is 171 g/mol. The van der Waals surface area contributed by atoms with Crippen molar-refractivity contribution < 1.29 is 19.2 Å². The van der Waals surface area contributed by atoms with E-state index in [2.05, 4.69) is 14.7 Å². The standard InChI is InChI=1S/C7H9NO4/c1-5(9)11-4-6(10)7-2-3-8-12-7/h3,7H,2,4H2,1H3. The first-order chi connectivity index (χ1) is 5.70. The van der Waals surface area contributed by atoms with Crippen molar-refractivity contribution in [3.63, 3.8) is 0 Å². The molecule has 1 unspecified atom stereocenters. The Morgan fingerprint density at radius 2 is 2.50 bits per heavy atom. The number of Topliss-reactive ketones (excluding diaryl/α,β-unsaturated/α-hetero) is 1. The van der Waals surface area contributed by atoms with Crippen LogP contribution >= 0.6 is 0 Å². The molecule has 0 fully saturated rings. The number of oxime groups is 1. The molecule has 0 radical (unpaired) electrons. The minimum absolute atomic E-state index is 0.233. The number of carbonyl (C=O) groups excluding carboxylic acids is 2. The maximum Gasteiger partial charge on any atom is 0.303 e. The van der Waals surface area contributed by atoms with Gasteiger partial charge in [-0.25, -0.2) is 0 Å². The van der Waals surface area contributed by atoms with Crippen molar-refractivity contribution in [1.29, 1.82) is 0 Å². The fourth-order valence-electron chi connectivity index (χ4n) is 0.754. The molecule has 1 heterocycles. The smallest absolute Gasteiger partial charge is 0.303 e. The highest BCUT2D eigenvalue weighted by molar-refractivity contribution is 5.88. The highest BCUT2D eigenvalue weighted by atomic mass is 16.6. The predicted octanol–water partition coefficient (Wildman–Crippen LogP) is -0.107. The highest BCUT2D eigenvalue weighted by Crippen LogP contribution is 2.05. The predicted molar refractivity (Wildman–Crippen MR) is 39.6 cm³/mol. The summed E-state index contributed by atoms with van der Waals surface area (Å²) >= 11 is 0. The molecule has 0 aliphatic carbocycles. The van der Waals surface area contributed by atoms with E-state index in [0.29, 0.717) is 6.42 Å². The van der Waals surface area contributed by atoms with Gasteiger partial charge in [-0.1, -0.05) is 5.16 Å². The van der Waals surface area contributed by atoms with Crippen LogP contribution in [0.5, 0.6) is 0 Å². The van der Waals surface area contributed by atoms with Crippen LogP contribution in [0.4, 0.5) is 0 Å². The summed E-state index contributed by atoms with van der Waals surface area (Å²) in [4.78, 5) is 26.1. The molecule has 1 aliphatic heterocycles. The molecule has 1 rings (SSSR count). The molecule has 0 saturated carbocycles. The third-order valence-corrected chi connectivity index (χ3v) is 1.36. The first kappa shape index (κ1) is 8.70. The van der Waals surface area contributed by atoms with Gasteiger partial charge in [0, 0.05) is 19.6 Å². The molecule has 5 nitrogen and oxygen atoms in total. The number of hydrogen-bond acceptors (Lipinski definition) is 5. The van der Waals surface area contributed by atoms with Gasteiger partial charge in [-0.15, -0.1) is 0 Å². The normalized spacial score (nSPS) is 20.2. The van der Waals surface area contributed by atoms with E-state index in [1.165, 1.54) is 13.1 Å². The Morgan fingerprint density at radius 1 is 1.75 bits per heavy atom. The van der Waals surface area contributed by atoms with Crippen LogP contribution in [0.3, 0.4) is 0 Å². The molecule has 0 N–H and O–H groups in total. The van der Waals surface area contributed by atoms with Crippen LogP contribution in [0.25, 0.3) is 0 Å². The van der Waals surface area contributed by atoms with Crippen LogP contribution in [-0.4, -0.2) is 30.7 Å². The van der Waals surface area contributed by atoms with E-state index in [-0.39, 0.29) is 12.4 Å². The van der Waals surface area contributed by atoms with Gasteiger partial charge in [-0.05, 0) is 0 Å². The number of ether oxygens (including phenoxy) is 1. The maximum atomic E-state index is 11.1. The Morgan fingerprint density at radius 3 is 3.00 bits per heavy atom. The molecule has 0 aromatic carbocycles. The minimum Gasteiger partial charge on any atom is -0.458 e. The van der Waals surface area contributed by atoms with Gasteiger partial charge in [0.2, 0.25) is 5.78 Å². The van der Waals surface area contributed by atoms with Crippen molar-refractivity contribution in [1.82, 2.24) is 0 Å². The molecule has 1 aliphatic rings. The topological polar surface area (TPSA) is 65.0 Å². The van der Waals surface area contributed by atoms with E-state index < -0.39 is 12.1 Å². The number of esters is 1. The maximum absolute atomic E-state index is 11.1. The van der Waals surface area contributed by atoms with Crippen LogP contribution in [0.1, 0.15) is 13.3 Å². The van der Waals surface area contributed by atoms with Gasteiger partial charge >= 0.3 is 5.97 Å². The van der Waals surface area contributed by atoms with Gasteiger partial charge in [0.05, 0.1) is 0 Å². The number of carbonyl (C=O) groups is 2. The minimum atomic E-state index is -0.565. The molecule has 0 spiro atoms. The van der Waals surface area contributed by atoms with Gasteiger partial charge in [0.15, 0.2) is 12.7 Å². The zero-order chi connectivity index (χ0) is 8.97. The Bertz CT molecular complexity index is 215. The van der Waals surface area contributed by atoms with Gasteiger partial charge in [0.25, 0.3) is 0 Å². The summed E-state index contributed by atoms with van der Waals surface area (Å²) in [7, 11) is 0. The molecule has 0 saturated heterocycles. The second-order valence-electron chi connectivity index (χ2n) is 2.36. The average Bonchev–Trinajstić information content (AvgIpc) is 2.51. The van der Waals surface area contributed by atoms with E-state index in [4.69, 9.17) is 0 Å². The van der Waals surface area contributed by atoms with Gasteiger partial charge in [0.1, 0.15) is 0 Å². The largest absolute Gasteiger partial charge is 0.458 e. The Hall–Kier alpha value is -1.39. The third kappa shape index (κ3) is 2.34. The highest BCUT2D eigenvalue weighted by Gasteiger charge is 2.23. The number of rotatable bonds is 3. The van der Waals surface area contributed by atoms with Crippen molar-refractivity contribution >= 4 is 18.0 Å². The van der Waals surface area contributed by atoms with E-state index in [0.717, 1.165) is 0 Å². The lowest BCUT2D eigenvalue weighted by atomic mass is 10.2. The fourth-order valence-corrected chi connectivity index (χ4v) is 0.754. The van der Waals surface area contributed by atoms with Crippen molar-refractivity contribution in [3.05, 3.63) is 0 Å². The summed E-state index contributed by atoms with van der Waals surface area (Å²) in [6.07, 6.45) is 1.40. The number of hydrogen-bond donors (Lipinski definition) is 0. The molecule has 0 amide bonds. The first-order valence-corrected chi connectivity index (χ1v) is 3.54. The van der Waals surface area contributed by atoms with Gasteiger partial charge in [-0.3, -0.25) is 9.59 Å². The summed E-state index contributed by atoms with van der Waals surface area (Å²) in [5, 5.41) is 3.43. The number of ketones is 1. The lowest BCUT2D eigenvalue weighted by molar-refractivity contribution is -0.148. The van der Waals surface area contributed by atoms with Crippen LogP contribution in [0, 0.1) is 0 Å². The van der Waals surface area contributed by atoms with Gasteiger partial charge in [-0.2, -0.15) is 0 Å². The summed E-state index contributed by atoms with van der Waals surface area (Å²) in [6, 6.07) is 0. The lowest BCUT2D eigenvalue weighted by Crippen LogP contribution is -2.25. The van der Waals surface area contributed by atoms with Crippen LogP contribution < -0.4 is 0 Å². The van der Waals surface area contributed by atoms with Crippen molar-refractivity contribution in [2.45, 2.75) is 19.4 Å². The summed E-state index contributed by atoms with van der Waals surface area (Å²) in [6.45, 7) is 1.02.